The summed E-state index contributed by atoms with van der Waals surface area (Å²) in [5.41, 5.74) is 0.222. The van der Waals surface area contributed by atoms with Crippen molar-refractivity contribution in [2.45, 2.75) is 44.6 Å². The van der Waals surface area contributed by atoms with Crippen molar-refractivity contribution in [2.75, 3.05) is 6.54 Å². The summed E-state index contributed by atoms with van der Waals surface area (Å²) in [6.45, 7) is 2.18. The van der Waals surface area contributed by atoms with Crippen LogP contribution in [0, 0.1) is 11.7 Å². The molecule has 3 nitrogen and oxygen atoms in total. The molecule has 1 atom stereocenters. The second-order valence-electron chi connectivity index (χ2n) is 5.88. The quantitative estimate of drug-likeness (QED) is 0.869. The Balaban J connectivity index is 1.81. The summed E-state index contributed by atoms with van der Waals surface area (Å²) in [5, 5.41) is 13.0. The van der Waals surface area contributed by atoms with Crippen molar-refractivity contribution in [3.63, 3.8) is 0 Å². The molecule has 110 valence electrons. The summed E-state index contributed by atoms with van der Waals surface area (Å²) in [6.07, 6.45) is 4.15. The number of carbonyl (C=O) groups is 1. The maximum atomic E-state index is 12.8. The number of nitrogens with one attached hydrogen (secondary N) is 1. The summed E-state index contributed by atoms with van der Waals surface area (Å²) < 4.78 is 12.8. The molecule has 0 radical (unpaired) electrons. The molecule has 0 saturated heterocycles. The van der Waals surface area contributed by atoms with Gasteiger partial charge < -0.3 is 10.4 Å². The number of hydrogen-bond donors (Lipinski definition) is 2. The van der Waals surface area contributed by atoms with E-state index in [-0.39, 0.29) is 17.6 Å². The van der Waals surface area contributed by atoms with Crippen molar-refractivity contribution in [2.24, 2.45) is 5.92 Å². The summed E-state index contributed by atoms with van der Waals surface area (Å²) in [7, 11) is 0. The number of amides is 1. The predicted octanol–water partition coefficient (Wildman–Crippen LogP) is 2.43. The van der Waals surface area contributed by atoms with E-state index in [9.17, 15) is 14.3 Å². The maximum absolute atomic E-state index is 12.8. The SMILES string of the molecule is CC(Cc1ccc(F)cc1)C(=O)NCC1(O)CCCC1. The first-order valence-corrected chi connectivity index (χ1v) is 7.23. The van der Waals surface area contributed by atoms with Crippen LogP contribution in [0.4, 0.5) is 4.39 Å². The van der Waals surface area contributed by atoms with Gasteiger partial charge in [-0.2, -0.15) is 0 Å². The molecule has 0 heterocycles. The topological polar surface area (TPSA) is 49.3 Å². The molecule has 1 saturated carbocycles. The van der Waals surface area contributed by atoms with Crippen LogP contribution >= 0.6 is 0 Å². The van der Waals surface area contributed by atoms with Crippen molar-refractivity contribution >= 4 is 5.91 Å². The molecule has 0 aliphatic heterocycles. The third-order valence-corrected chi connectivity index (χ3v) is 4.03. The van der Waals surface area contributed by atoms with Crippen molar-refractivity contribution in [3.05, 3.63) is 35.6 Å². The Hall–Kier alpha value is -1.42. The van der Waals surface area contributed by atoms with Crippen LogP contribution in [0.15, 0.2) is 24.3 Å². The normalized spacial score (nSPS) is 18.8. The standard InChI is InChI=1S/C16H22FNO2/c1-12(10-13-4-6-14(17)7-5-13)15(19)18-11-16(20)8-2-3-9-16/h4-7,12,20H,2-3,8-11H2,1H3,(H,18,19). The van der Waals surface area contributed by atoms with Crippen LogP contribution in [0.5, 0.6) is 0 Å². The van der Waals surface area contributed by atoms with Crippen LogP contribution in [-0.4, -0.2) is 23.2 Å². The van der Waals surface area contributed by atoms with Gasteiger partial charge in [0.25, 0.3) is 0 Å². The van der Waals surface area contributed by atoms with Crippen molar-refractivity contribution in [1.82, 2.24) is 5.32 Å². The lowest BCUT2D eigenvalue weighted by Crippen LogP contribution is -2.42. The highest BCUT2D eigenvalue weighted by atomic mass is 19.1. The van der Waals surface area contributed by atoms with Gasteiger partial charge in [0.15, 0.2) is 0 Å². The predicted molar refractivity (Wildman–Crippen MR) is 75.7 cm³/mol. The molecular weight excluding hydrogens is 257 g/mol. The Morgan fingerprint density at radius 1 is 1.35 bits per heavy atom. The zero-order chi connectivity index (χ0) is 14.6. The van der Waals surface area contributed by atoms with Crippen LogP contribution in [0.3, 0.4) is 0 Å². The van der Waals surface area contributed by atoms with Gasteiger partial charge in [-0.1, -0.05) is 31.9 Å². The molecule has 0 spiro atoms. The molecule has 1 amide bonds. The highest BCUT2D eigenvalue weighted by Gasteiger charge is 2.31. The zero-order valence-electron chi connectivity index (χ0n) is 11.9. The zero-order valence-corrected chi connectivity index (χ0v) is 11.9. The minimum absolute atomic E-state index is 0.0605. The van der Waals surface area contributed by atoms with Gasteiger partial charge in [-0.3, -0.25) is 4.79 Å². The van der Waals surface area contributed by atoms with Crippen LogP contribution in [0.1, 0.15) is 38.2 Å². The van der Waals surface area contributed by atoms with Gasteiger partial charge >= 0.3 is 0 Å². The Morgan fingerprint density at radius 2 is 1.95 bits per heavy atom. The third-order valence-electron chi connectivity index (χ3n) is 4.03. The highest BCUT2D eigenvalue weighted by molar-refractivity contribution is 5.78. The Bertz CT molecular complexity index is 452. The Kier molecular flexibility index (Phi) is 4.76. The van der Waals surface area contributed by atoms with Gasteiger partial charge in [0.1, 0.15) is 5.82 Å². The fraction of sp³-hybridized carbons (Fsp3) is 0.562. The molecule has 1 fully saturated rings. The van der Waals surface area contributed by atoms with Crippen molar-refractivity contribution < 1.29 is 14.3 Å². The Morgan fingerprint density at radius 3 is 2.55 bits per heavy atom. The minimum atomic E-state index is -0.717. The highest BCUT2D eigenvalue weighted by Crippen LogP contribution is 2.28. The molecule has 1 aliphatic carbocycles. The number of halogens is 1. The van der Waals surface area contributed by atoms with E-state index in [0.717, 1.165) is 31.2 Å². The van der Waals surface area contributed by atoms with E-state index < -0.39 is 5.60 Å². The second-order valence-corrected chi connectivity index (χ2v) is 5.88. The first-order chi connectivity index (χ1) is 9.48. The van der Waals surface area contributed by atoms with Crippen LogP contribution in [0.25, 0.3) is 0 Å². The van der Waals surface area contributed by atoms with E-state index in [4.69, 9.17) is 0 Å². The van der Waals surface area contributed by atoms with Gasteiger partial charge in [0.05, 0.1) is 5.60 Å². The lowest BCUT2D eigenvalue weighted by Gasteiger charge is -2.23. The second kappa shape index (κ2) is 6.35. The molecule has 1 unspecified atom stereocenters. The maximum Gasteiger partial charge on any atom is 0.223 e. The van der Waals surface area contributed by atoms with Crippen LogP contribution < -0.4 is 5.32 Å². The lowest BCUT2D eigenvalue weighted by atomic mass is 9.99. The molecule has 2 N–H and O–H groups in total. The van der Waals surface area contributed by atoms with E-state index in [1.54, 1.807) is 12.1 Å². The van der Waals surface area contributed by atoms with Gasteiger partial charge in [0, 0.05) is 12.5 Å². The molecule has 20 heavy (non-hydrogen) atoms. The number of aliphatic hydroxyl groups is 1. The van der Waals surface area contributed by atoms with E-state index in [2.05, 4.69) is 5.32 Å². The van der Waals surface area contributed by atoms with Crippen molar-refractivity contribution in [1.29, 1.82) is 0 Å². The monoisotopic (exact) mass is 279 g/mol. The molecule has 2 rings (SSSR count). The summed E-state index contributed by atoms with van der Waals surface area (Å²) >= 11 is 0. The Labute approximate surface area is 119 Å². The molecule has 0 bridgehead atoms. The molecule has 4 heteroatoms. The molecular formula is C16H22FNO2. The fourth-order valence-corrected chi connectivity index (χ4v) is 2.70. The number of hydrogen-bond acceptors (Lipinski definition) is 2. The first-order valence-electron chi connectivity index (χ1n) is 7.23. The molecule has 1 aromatic carbocycles. The van der Waals surface area contributed by atoms with E-state index >= 15 is 0 Å². The van der Waals surface area contributed by atoms with E-state index in [0.29, 0.717) is 13.0 Å². The fourth-order valence-electron chi connectivity index (χ4n) is 2.70. The average molecular weight is 279 g/mol. The lowest BCUT2D eigenvalue weighted by molar-refractivity contribution is -0.125. The number of carbonyl (C=O) groups excluding carboxylic acids is 1. The van der Waals surface area contributed by atoms with Gasteiger partial charge in [0.2, 0.25) is 5.91 Å². The summed E-state index contributed by atoms with van der Waals surface area (Å²) in [5.74, 6) is -0.519. The summed E-state index contributed by atoms with van der Waals surface area (Å²) in [6, 6.07) is 6.20. The van der Waals surface area contributed by atoms with E-state index in [1.807, 2.05) is 6.92 Å². The number of rotatable bonds is 5. The smallest absolute Gasteiger partial charge is 0.223 e. The third kappa shape index (κ3) is 4.04. The summed E-state index contributed by atoms with van der Waals surface area (Å²) in [4.78, 5) is 12.0. The largest absolute Gasteiger partial charge is 0.388 e. The van der Waals surface area contributed by atoms with Crippen LogP contribution in [-0.2, 0) is 11.2 Å². The first kappa shape index (κ1) is 15.0. The molecule has 0 aromatic heterocycles. The van der Waals surface area contributed by atoms with Gasteiger partial charge in [-0.15, -0.1) is 0 Å². The van der Waals surface area contributed by atoms with Gasteiger partial charge in [-0.25, -0.2) is 4.39 Å². The minimum Gasteiger partial charge on any atom is -0.388 e. The average Bonchev–Trinajstić information content (AvgIpc) is 2.86. The number of benzene rings is 1. The van der Waals surface area contributed by atoms with E-state index in [1.165, 1.54) is 12.1 Å². The van der Waals surface area contributed by atoms with Crippen LogP contribution in [0.2, 0.25) is 0 Å². The molecule has 1 aromatic rings. The molecule has 1 aliphatic rings. The van der Waals surface area contributed by atoms with Gasteiger partial charge in [-0.05, 0) is 37.0 Å². The van der Waals surface area contributed by atoms with Crippen molar-refractivity contribution in [3.8, 4) is 0 Å².